The summed E-state index contributed by atoms with van der Waals surface area (Å²) in [5.41, 5.74) is 1.32. The number of carboxylic acids is 1. The van der Waals surface area contributed by atoms with Crippen molar-refractivity contribution in [2.24, 2.45) is 11.8 Å². The Labute approximate surface area is 143 Å². The van der Waals surface area contributed by atoms with Gasteiger partial charge in [0, 0.05) is 19.0 Å². The van der Waals surface area contributed by atoms with Crippen molar-refractivity contribution in [3.63, 3.8) is 0 Å². The van der Waals surface area contributed by atoms with Gasteiger partial charge in [0.1, 0.15) is 0 Å². The average molecular weight is 355 g/mol. The first-order chi connectivity index (χ1) is 11.8. The van der Waals surface area contributed by atoms with Gasteiger partial charge in [-0.15, -0.1) is 0 Å². The van der Waals surface area contributed by atoms with Gasteiger partial charge in [-0.3, -0.25) is 9.59 Å². The summed E-state index contributed by atoms with van der Waals surface area (Å²) >= 11 is 0. The number of carbonyl (C=O) groups excluding carboxylic acids is 1. The largest absolute Gasteiger partial charge is 0.481 e. The zero-order valence-corrected chi connectivity index (χ0v) is 13.6. The maximum atomic E-state index is 13.3. The molecule has 0 spiro atoms. The third-order valence-corrected chi connectivity index (χ3v) is 5.31. The fourth-order valence-corrected chi connectivity index (χ4v) is 4.04. The molecule has 4 nitrogen and oxygen atoms in total. The second-order valence-corrected chi connectivity index (χ2v) is 6.85. The number of rotatable bonds is 2. The summed E-state index contributed by atoms with van der Waals surface area (Å²) in [6, 6.07) is 6.90. The Hall–Kier alpha value is -2.05. The molecule has 1 fully saturated rings. The molecular formula is C18H20F3NO3. The van der Waals surface area contributed by atoms with Crippen LogP contribution in [0.4, 0.5) is 13.2 Å². The van der Waals surface area contributed by atoms with E-state index in [1.165, 1.54) is 4.90 Å². The molecule has 1 saturated carbocycles. The van der Waals surface area contributed by atoms with Crippen molar-refractivity contribution in [1.82, 2.24) is 4.90 Å². The van der Waals surface area contributed by atoms with E-state index < -0.39 is 35.8 Å². The molecule has 0 bridgehead atoms. The van der Waals surface area contributed by atoms with Crippen LogP contribution in [-0.2, 0) is 16.1 Å². The van der Waals surface area contributed by atoms with Gasteiger partial charge in [-0.05, 0) is 24.0 Å². The van der Waals surface area contributed by atoms with Crippen molar-refractivity contribution >= 4 is 11.9 Å². The lowest BCUT2D eigenvalue weighted by molar-refractivity contribution is -0.201. The van der Waals surface area contributed by atoms with Crippen LogP contribution >= 0.6 is 0 Å². The van der Waals surface area contributed by atoms with E-state index in [-0.39, 0.29) is 25.9 Å². The first-order valence-electron chi connectivity index (χ1n) is 8.45. The Morgan fingerprint density at radius 1 is 1.12 bits per heavy atom. The van der Waals surface area contributed by atoms with E-state index >= 15 is 0 Å². The summed E-state index contributed by atoms with van der Waals surface area (Å²) in [6.45, 7) is 0.0894. The number of amides is 1. The number of nitrogens with zero attached hydrogens (tertiary/aromatic N) is 1. The van der Waals surface area contributed by atoms with Crippen molar-refractivity contribution in [3.05, 3.63) is 35.4 Å². The molecule has 3 atom stereocenters. The minimum Gasteiger partial charge on any atom is -0.481 e. The van der Waals surface area contributed by atoms with E-state index in [9.17, 15) is 27.9 Å². The van der Waals surface area contributed by atoms with Crippen LogP contribution in [0.2, 0.25) is 0 Å². The molecule has 1 aromatic rings. The van der Waals surface area contributed by atoms with Gasteiger partial charge in [0.25, 0.3) is 0 Å². The van der Waals surface area contributed by atoms with Crippen LogP contribution in [0.25, 0.3) is 0 Å². The Balaban J connectivity index is 1.86. The number of hydrogen-bond donors (Lipinski definition) is 1. The highest BCUT2D eigenvalue weighted by Crippen LogP contribution is 2.43. The van der Waals surface area contributed by atoms with E-state index in [1.807, 2.05) is 0 Å². The van der Waals surface area contributed by atoms with Crippen molar-refractivity contribution < 1.29 is 27.9 Å². The molecular weight excluding hydrogens is 335 g/mol. The Bertz CT molecular complexity index is 674. The van der Waals surface area contributed by atoms with Gasteiger partial charge in [-0.2, -0.15) is 13.2 Å². The number of carboxylic acid groups (broad SMARTS) is 1. The molecule has 1 N–H and O–H groups in total. The second kappa shape index (κ2) is 6.69. The summed E-state index contributed by atoms with van der Waals surface area (Å²) in [7, 11) is 0. The number of carbonyl (C=O) groups is 2. The van der Waals surface area contributed by atoms with E-state index in [1.54, 1.807) is 24.3 Å². The molecule has 7 heteroatoms. The molecule has 25 heavy (non-hydrogen) atoms. The van der Waals surface area contributed by atoms with Crippen molar-refractivity contribution in [2.45, 2.75) is 44.3 Å². The molecule has 136 valence electrons. The van der Waals surface area contributed by atoms with Crippen molar-refractivity contribution in [1.29, 1.82) is 0 Å². The zero-order valence-electron chi connectivity index (χ0n) is 13.6. The Morgan fingerprint density at radius 3 is 2.48 bits per heavy atom. The number of fused-ring (bicyclic) bond motifs is 1. The quantitative estimate of drug-likeness (QED) is 0.882. The summed E-state index contributed by atoms with van der Waals surface area (Å²) in [4.78, 5) is 25.7. The first-order valence-corrected chi connectivity index (χ1v) is 8.45. The molecule has 1 amide bonds. The SMILES string of the molecule is O=C(O)C1CN(C(=O)C2CCCCC2C(F)(F)F)Cc2ccccc21. The van der Waals surface area contributed by atoms with Gasteiger partial charge in [0.15, 0.2) is 0 Å². The van der Waals surface area contributed by atoms with Gasteiger partial charge in [-0.25, -0.2) is 0 Å². The van der Waals surface area contributed by atoms with Gasteiger partial charge in [0.05, 0.1) is 11.8 Å². The molecule has 1 heterocycles. The average Bonchev–Trinajstić information content (AvgIpc) is 2.59. The molecule has 1 aromatic carbocycles. The maximum Gasteiger partial charge on any atom is 0.392 e. The van der Waals surface area contributed by atoms with E-state index in [0.29, 0.717) is 24.0 Å². The molecule has 0 radical (unpaired) electrons. The maximum absolute atomic E-state index is 13.3. The lowest BCUT2D eigenvalue weighted by atomic mass is 9.77. The molecule has 2 aliphatic rings. The Kier molecular flexibility index (Phi) is 4.75. The van der Waals surface area contributed by atoms with Crippen LogP contribution in [0.3, 0.4) is 0 Å². The third-order valence-electron chi connectivity index (χ3n) is 5.31. The van der Waals surface area contributed by atoms with Gasteiger partial charge < -0.3 is 10.0 Å². The van der Waals surface area contributed by atoms with Gasteiger partial charge in [0.2, 0.25) is 5.91 Å². The van der Waals surface area contributed by atoms with E-state index in [4.69, 9.17) is 0 Å². The number of alkyl halides is 3. The van der Waals surface area contributed by atoms with Crippen molar-refractivity contribution in [3.8, 4) is 0 Å². The fraction of sp³-hybridized carbons (Fsp3) is 0.556. The van der Waals surface area contributed by atoms with Crippen molar-refractivity contribution in [2.75, 3.05) is 6.54 Å². The molecule has 0 aromatic heterocycles. The van der Waals surface area contributed by atoms with Gasteiger partial charge in [-0.1, -0.05) is 37.1 Å². The van der Waals surface area contributed by atoms with Crippen LogP contribution in [-0.4, -0.2) is 34.6 Å². The zero-order chi connectivity index (χ0) is 18.2. The third kappa shape index (κ3) is 3.50. The molecule has 3 unspecified atom stereocenters. The Morgan fingerprint density at radius 2 is 1.80 bits per heavy atom. The summed E-state index contributed by atoms with van der Waals surface area (Å²) in [6.07, 6.45) is -3.17. The summed E-state index contributed by atoms with van der Waals surface area (Å²) in [5.74, 6) is -5.27. The van der Waals surface area contributed by atoms with Crippen LogP contribution in [0.15, 0.2) is 24.3 Å². The lowest BCUT2D eigenvalue weighted by Gasteiger charge is -2.39. The summed E-state index contributed by atoms with van der Waals surface area (Å²) < 4.78 is 39.9. The van der Waals surface area contributed by atoms with Crippen LogP contribution in [0, 0.1) is 11.8 Å². The van der Waals surface area contributed by atoms with E-state index in [2.05, 4.69) is 0 Å². The number of hydrogen-bond acceptors (Lipinski definition) is 2. The molecule has 1 aliphatic heterocycles. The van der Waals surface area contributed by atoms with Crippen LogP contribution in [0.5, 0.6) is 0 Å². The molecule has 0 saturated heterocycles. The number of benzene rings is 1. The highest BCUT2D eigenvalue weighted by molar-refractivity contribution is 5.83. The highest BCUT2D eigenvalue weighted by Gasteiger charge is 2.49. The first kappa shape index (κ1) is 17.8. The fourth-order valence-electron chi connectivity index (χ4n) is 4.04. The predicted molar refractivity (Wildman–Crippen MR) is 83.7 cm³/mol. The van der Waals surface area contributed by atoms with Crippen LogP contribution < -0.4 is 0 Å². The number of aliphatic carboxylic acids is 1. The molecule has 1 aliphatic carbocycles. The van der Waals surface area contributed by atoms with E-state index in [0.717, 1.165) is 0 Å². The highest BCUT2D eigenvalue weighted by atomic mass is 19.4. The number of halogens is 3. The predicted octanol–water partition coefficient (Wildman–Crippen LogP) is 3.57. The summed E-state index contributed by atoms with van der Waals surface area (Å²) in [5, 5.41) is 9.46. The minimum absolute atomic E-state index is 0.0350. The normalized spacial score (nSPS) is 26.8. The standard InChI is InChI=1S/C18H20F3NO3/c19-18(20,21)15-8-4-3-7-13(15)16(23)22-9-11-5-1-2-6-12(11)14(10-22)17(24)25/h1-2,5-6,13-15H,3-4,7-10H2,(H,24,25). The smallest absolute Gasteiger partial charge is 0.392 e. The lowest BCUT2D eigenvalue weighted by Crippen LogP contribution is -2.47. The van der Waals surface area contributed by atoms with Gasteiger partial charge >= 0.3 is 12.1 Å². The minimum atomic E-state index is -4.40. The second-order valence-electron chi connectivity index (χ2n) is 6.85. The van der Waals surface area contributed by atoms with Crippen LogP contribution in [0.1, 0.15) is 42.7 Å². The topological polar surface area (TPSA) is 57.6 Å². The monoisotopic (exact) mass is 355 g/mol. The molecule has 3 rings (SSSR count).